The monoisotopic (exact) mass is 383 g/mol. The van der Waals surface area contributed by atoms with E-state index in [4.69, 9.17) is 0 Å². The van der Waals surface area contributed by atoms with Gasteiger partial charge < -0.3 is 0 Å². The van der Waals surface area contributed by atoms with E-state index in [1.165, 1.54) is 4.57 Å². The van der Waals surface area contributed by atoms with Gasteiger partial charge in [0, 0.05) is 23.1 Å². The molecule has 5 aromatic rings. The summed E-state index contributed by atoms with van der Waals surface area (Å²) in [6, 6.07) is 13.3. The van der Waals surface area contributed by atoms with Crippen LogP contribution in [0.1, 0.15) is 17.2 Å². The third-order valence-electron chi connectivity index (χ3n) is 4.67. The van der Waals surface area contributed by atoms with Gasteiger partial charge >= 0.3 is 0 Å². The van der Waals surface area contributed by atoms with E-state index in [2.05, 4.69) is 25.0 Å². The van der Waals surface area contributed by atoms with E-state index in [-0.39, 0.29) is 5.56 Å². The molecule has 1 aromatic carbocycles. The summed E-state index contributed by atoms with van der Waals surface area (Å²) in [6.07, 6.45) is 1.65. The van der Waals surface area contributed by atoms with Gasteiger partial charge in [-0.05, 0) is 32.9 Å². The van der Waals surface area contributed by atoms with Crippen LogP contribution in [-0.2, 0) is 0 Å². The van der Waals surface area contributed by atoms with Gasteiger partial charge in [-0.3, -0.25) is 9.36 Å². The Labute approximate surface area is 165 Å². The molecule has 29 heavy (non-hydrogen) atoms. The molecule has 0 aliphatic heterocycles. The van der Waals surface area contributed by atoms with Gasteiger partial charge in [-0.25, -0.2) is 15.0 Å². The Morgan fingerprint density at radius 1 is 0.862 bits per heavy atom. The standard InChI is InChI=1S/C21H17N7O/c1-12-11-13(2)23-20(22-12)27-10-9-16-17(19(27)29)18(15-7-5-4-6-8-15)28-21(25-16)24-14(3)26-28/h4-11H,1-3H3. The highest BCUT2D eigenvalue weighted by Crippen LogP contribution is 2.26. The first-order valence-electron chi connectivity index (χ1n) is 9.18. The highest BCUT2D eigenvalue weighted by atomic mass is 16.1. The number of rotatable bonds is 2. The maximum absolute atomic E-state index is 13.6. The number of benzene rings is 1. The van der Waals surface area contributed by atoms with Crippen molar-refractivity contribution in [3.63, 3.8) is 0 Å². The molecular formula is C21H17N7O. The van der Waals surface area contributed by atoms with Crippen LogP contribution in [0.5, 0.6) is 0 Å². The summed E-state index contributed by atoms with van der Waals surface area (Å²) in [6.45, 7) is 5.56. The molecule has 4 aromatic heterocycles. The molecule has 0 spiro atoms. The Kier molecular flexibility index (Phi) is 3.73. The smallest absolute Gasteiger partial charge is 0.268 e. The first-order valence-corrected chi connectivity index (χ1v) is 9.18. The minimum atomic E-state index is -0.256. The summed E-state index contributed by atoms with van der Waals surface area (Å²) in [5.74, 6) is 1.37. The molecule has 0 aliphatic carbocycles. The van der Waals surface area contributed by atoms with Gasteiger partial charge in [0.25, 0.3) is 11.3 Å². The van der Waals surface area contributed by atoms with Crippen LogP contribution in [0.4, 0.5) is 0 Å². The molecule has 5 rings (SSSR count). The van der Waals surface area contributed by atoms with Crippen molar-refractivity contribution in [3.8, 4) is 17.2 Å². The van der Waals surface area contributed by atoms with Crippen LogP contribution in [0.2, 0.25) is 0 Å². The average Bonchev–Trinajstić information content (AvgIpc) is 3.06. The van der Waals surface area contributed by atoms with Gasteiger partial charge in [0.2, 0.25) is 5.95 Å². The molecule has 0 atom stereocenters. The predicted octanol–water partition coefficient (Wildman–Crippen LogP) is 2.81. The van der Waals surface area contributed by atoms with E-state index >= 15 is 0 Å². The molecule has 0 bridgehead atoms. The highest BCUT2D eigenvalue weighted by Gasteiger charge is 2.19. The van der Waals surface area contributed by atoms with Crippen molar-refractivity contribution in [3.05, 3.63) is 76.2 Å². The summed E-state index contributed by atoms with van der Waals surface area (Å²) in [5, 5.41) is 4.92. The summed E-state index contributed by atoms with van der Waals surface area (Å²) in [5.41, 5.74) is 3.38. The van der Waals surface area contributed by atoms with Gasteiger partial charge in [0.05, 0.1) is 16.6 Å². The van der Waals surface area contributed by atoms with Crippen LogP contribution in [0.15, 0.2) is 53.5 Å². The summed E-state index contributed by atoms with van der Waals surface area (Å²) >= 11 is 0. The molecule has 0 N–H and O–H groups in total. The second kappa shape index (κ2) is 6.30. The van der Waals surface area contributed by atoms with E-state index in [9.17, 15) is 4.79 Å². The van der Waals surface area contributed by atoms with Crippen molar-refractivity contribution in [1.82, 2.24) is 34.1 Å². The number of hydrogen-bond donors (Lipinski definition) is 0. The third kappa shape index (κ3) is 2.77. The third-order valence-corrected chi connectivity index (χ3v) is 4.67. The lowest BCUT2D eigenvalue weighted by Gasteiger charge is -2.11. The molecule has 0 aliphatic rings. The lowest BCUT2D eigenvalue weighted by molar-refractivity contribution is 0.865. The molecule has 0 unspecified atom stereocenters. The molecule has 0 amide bonds. The maximum atomic E-state index is 13.6. The fourth-order valence-electron chi connectivity index (χ4n) is 3.52. The van der Waals surface area contributed by atoms with E-state index in [0.717, 1.165) is 17.0 Å². The predicted molar refractivity (Wildman–Crippen MR) is 109 cm³/mol. The molecule has 8 heteroatoms. The quantitative estimate of drug-likeness (QED) is 0.466. The summed E-state index contributed by atoms with van der Waals surface area (Å²) in [4.78, 5) is 31.4. The Balaban J connectivity index is 1.94. The van der Waals surface area contributed by atoms with Gasteiger partial charge in [0.15, 0.2) is 0 Å². The van der Waals surface area contributed by atoms with Crippen LogP contribution in [-0.4, -0.2) is 34.1 Å². The second-order valence-corrected chi connectivity index (χ2v) is 6.90. The molecule has 142 valence electrons. The van der Waals surface area contributed by atoms with Crippen molar-refractivity contribution in [2.24, 2.45) is 0 Å². The van der Waals surface area contributed by atoms with E-state index < -0.39 is 0 Å². The van der Waals surface area contributed by atoms with Crippen LogP contribution < -0.4 is 5.56 Å². The van der Waals surface area contributed by atoms with E-state index in [1.807, 2.05) is 50.2 Å². The zero-order valence-electron chi connectivity index (χ0n) is 16.2. The molecule has 0 radical (unpaired) electrons. The van der Waals surface area contributed by atoms with Crippen LogP contribution in [0, 0.1) is 20.8 Å². The normalized spacial score (nSPS) is 11.4. The second-order valence-electron chi connectivity index (χ2n) is 6.90. The molecular weight excluding hydrogens is 366 g/mol. The zero-order valence-corrected chi connectivity index (χ0v) is 16.2. The molecule has 0 saturated carbocycles. The van der Waals surface area contributed by atoms with Crippen molar-refractivity contribution >= 4 is 16.7 Å². The van der Waals surface area contributed by atoms with Crippen LogP contribution >= 0.6 is 0 Å². The van der Waals surface area contributed by atoms with E-state index in [0.29, 0.717) is 34.1 Å². The van der Waals surface area contributed by atoms with Gasteiger partial charge in [0.1, 0.15) is 5.82 Å². The number of aromatic nitrogens is 7. The number of hydrogen-bond acceptors (Lipinski definition) is 6. The Hall–Kier alpha value is -3.94. The Bertz CT molecular complexity index is 1430. The summed E-state index contributed by atoms with van der Waals surface area (Å²) < 4.78 is 3.08. The fourth-order valence-corrected chi connectivity index (χ4v) is 3.52. The molecule has 4 heterocycles. The number of nitrogens with zero attached hydrogens (tertiary/aromatic N) is 7. The molecule has 8 nitrogen and oxygen atoms in total. The average molecular weight is 383 g/mol. The molecule has 0 fully saturated rings. The van der Waals surface area contributed by atoms with Crippen molar-refractivity contribution in [2.45, 2.75) is 20.8 Å². The largest absolute Gasteiger partial charge is 0.269 e. The lowest BCUT2D eigenvalue weighted by Crippen LogP contribution is -2.22. The van der Waals surface area contributed by atoms with Crippen LogP contribution in [0.3, 0.4) is 0 Å². The maximum Gasteiger partial charge on any atom is 0.269 e. The number of fused-ring (bicyclic) bond motifs is 2. The Morgan fingerprint density at radius 3 is 2.31 bits per heavy atom. The highest BCUT2D eigenvalue weighted by molar-refractivity contribution is 5.93. The summed E-state index contributed by atoms with van der Waals surface area (Å²) in [7, 11) is 0. The lowest BCUT2D eigenvalue weighted by atomic mass is 10.1. The Morgan fingerprint density at radius 2 is 1.59 bits per heavy atom. The topological polar surface area (TPSA) is 90.9 Å². The first-order chi connectivity index (χ1) is 14.0. The minimum absolute atomic E-state index is 0.256. The number of pyridine rings is 1. The first kappa shape index (κ1) is 17.2. The molecule has 0 saturated heterocycles. The van der Waals surface area contributed by atoms with Gasteiger partial charge in [-0.15, -0.1) is 5.10 Å². The fraction of sp³-hybridized carbons (Fsp3) is 0.143. The zero-order chi connectivity index (χ0) is 20.1. The van der Waals surface area contributed by atoms with Gasteiger partial charge in [-0.1, -0.05) is 30.3 Å². The van der Waals surface area contributed by atoms with Gasteiger partial charge in [-0.2, -0.15) is 9.50 Å². The van der Waals surface area contributed by atoms with Crippen molar-refractivity contribution in [1.29, 1.82) is 0 Å². The van der Waals surface area contributed by atoms with Crippen molar-refractivity contribution < 1.29 is 0 Å². The van der Waals surface area contributed by atoms with Crippen molar-refractivity contribution in [2.75, 3.05) is 0 Å². The minimum Gasteiger partial charge on any atom is -0.268 e. The SMILES string of the molecule is Cc1cc(C)nc(-n2ccc3nc4nc(C)nn4c(-c4ccccc4)c3c2=O)n1. The van der Waals surface area contributed by atoms with Crippen LogP contribution in [0.25, 0.3) is 33.9 Å². The number of aryl methyl sites for hydroxylation is 3. The van der Waals surface area contributed by atoms with E-state index in [1.54, 1.807) is 23.7 Å².